The minimum Gasteiger partial charge on any atom is -0.337 e. The third-order valence-corrected chi connectivity index (χ3v) is 5.85. The van der Waals surface area contributed by atoms with Crippen LogP contribution in [0.25, 0.3) is 0 Å². The third-order valence-electron chi connectivity index (χ3n) is 3.50. The molecule has 0 unspecified atom stereocenters. The summed E-state index contributed by atoms with van der Waals surface area (Å²) in [5.41, 5.74) is -0.0254. The smallest absolute Gasteiger partial charge is 0.278 e. The van der Waals surface area contributed by atoms with E-state index in [0.717, 1.165) is 12.8 Å². The van der Waals surface area contributed by atoms with Crippen LogP contribution in [0.4, 0.5) is 5.82 Å². The van der Waals surface area contributed by atoms with Gasteiger partial charge in [0.05, 0.1) is 0 Å². The van der Waals surface area contributed by atoms with E-state index in [1.54, 1.807) is 23.1 Å². The highest BCUT2D eigenvalue weighted by atomic mass is 79.9. The molecule has 1 aliphatic rings. The Morgan fingerprint density at radius 3 is 2.61 bits per heavy atom. The Balaban J connectivity index is 1.88. The van der Waals surface area contributed by atoms with Crippen LogP contribution >= 0.6 is 15.9 Å². The first-order chi connectivity index (χ1) is 11.0. The number of hydrogen-bond acceptors (Lipinski definition) is 5. The molecule has 0 atom stereocenters. The van der Waals surface area contributed by atoms with Gasteiger partial charge < -0.3 is 4.90 Å². The Kier molecular flexibility index (Phi) is 4.35. The highest BCUT2D eigenvalue weighted by Gasteiger charge is 2.28. The van der Waals surface area contributed by atoms with E-state index in [1.165, 1.54) is 6.07 Å². The molecule has 0 saturated carbocycles. The Labute approximate surface area is 141 Å². The molecule has 1 amide bonds. The van der Waals surface area contributed by atoms with E-state index in [4.69, 9.17) is 0 Å². The number of anilines is 1. The second-order valence-corrected chi connectivity index (χ2v) is 7.56. The summed E-state index contributed by atoms with van der Waals surface area (Å²) in [6.45, 7) is 1.28. The van der Waals surface area contributed by atoms with Crippen molar-refractivity contribution in [3.05, 3.63) is 34.4 Å². The van der Waals surface area contributed by atoms with E-state index in [-0.39, 0.29) is 22.3 Å². The summed E-state index contributed by atoms with van der Waals surface area (Å²) < 4.78 is 27.7. The fourth-order valence-electron chi connectivity index (χ4n) is 2.37. The highest BCUT2D eigenvalue weighted by molar-refractivity contribution is 9.10. The number of halogens is 1. The quantitative estimate of drug-likeness (QED) is 0.811. The molecule has 1 aromatic carbocycles. The van der Waals surface area contributed by atoms with Crippen molar-refractivity contribution in [3.63, 3.8) is 0 Å². The third kappa shape index (κ3) is 3.22. The number of aromatic nitrogens is 3. The summed E-state index contributed by atoms with van der Waals surface area (Å²) in [5.74, 6) is -0.432. The molecular weight excluding hydrogens is 386 g/mol. The van der Waals surface area contributed by atoms with Crippen molar-refractivity contribution < 1.29 is 13.2 Å². The summed E-state index contributed by atoms with van der Waals surface area (Å²) >= 11 is 3.20. The number of likely N-dealkylation sites (tertiary alicyclic amines) is 1. The monoisotopic (exact) mass is 399 g/mol. The predicted molar refractivity (Wildman–Crippen MR) is 86.5 cm³/mol. The van der Waals surface area contributed by atoms with E-state index < -0.39 is 10.0 Å². The lowest BCUT2D eigenvalue weighted by Gasteiger charge is -2.14. The first-order valence-electron chi connectivity index (χ1n) is 6.96. The summed E-state index contributed by atoms with van der Waals surface area (Å²) in [7, 11) is -3.88. The molecule has 2 aromatic rings. The molecule has 0 aliphatic carbocycles. The normalized spacial score (nSPS) is 14.9. The van der Waals surface area contributed by atoms with E-state index in [1.807, 2.05) is 0 Å². The van der Waals surface area contributed by atoms with Gasteiger partial charge in [-0.2, -0.15) is 5.21 Å². The zero-order valence-electron chi connectivity index (χ0n) is 12.0. The zero-order chi connectivity index (χ0) is 16.4. The van der Waals surface area contributed by atoms with E-state index in [2.05, 4.69) is 36.1 Å². The molecule has 23 heavy (non-hydrogen) atoms. The number of sulfonamides is 1. The topological polar surface area (TPSA) is 108 Å². The molecule has 1 saturated heterocycles. The number of H-pyrrole nitrogens is 1. The zero-order valence-corrected chi connectivity index (χ0v) is 14.4. The van der Waals surface area contributed by atoms with Crippen LogP contribution in [0.5, 0.6) is 0 Å². The van der Waals surface area contributed by atoms with Crippen molar-refractivity contribution in [1.82, 2.24) is 20.3 Å². The lowest BCUT2D eigenvalue weighted by Crippen LogP contribution is -2.29. The Morgan fingerprint density at radius 1 is 1.22 bits per heavy atom. The van der Waals surface area contributed by atoms with Gasteiger partial charge in [-0.15, -0.1) is 10.2 Å². The number of rotatable bonds is 4. The maximum atomic E-state index is 12.5. The maximum absolute atomic E-state index is 12.5. The van der Waals surface area contributed by atoms with E-state index in [0.29, 0.717) is 17.6 Å². The number of nitrogens with one attached hydrogen (secondary N) is 2. The molecule has 1 aromatic heterocycles. The van der Waals surface area contributed by atoms with Gasteiger partial charge in [-0.1, -0.05) is 12.1 Å². The first-order valence-corrected chi connectivity index (χ1v) is 9.24. The molecule has 1 aliphatic heterocycles. The minimum absolute atomic E-state index is 0.0254. The largest absolute Gasteiger partial charge is 0.337 e. The van der Waals surface area contributed by atoms with E-state index >= 15 is 0 Å². The van der Waals surface area contributed by atoms with Gasteiger partial charge in [0, 0.05) is 17.6 Å². The van der Waals surface area contributed by atoms with E-state index in [9.17, 15) is 13.2 Å². The molecule has 0 radical (unpaired) electrons. The minimum atomic E-state index is -3.88. The number of hydrogen-bond donors (Lipinski definition) is 2. The summed E-state index contributed by atoms with van der Waals surface area (Å²) in [6, 6.07) is 6.39. The molecule has 122 valence electrons. The molecule has 10 heteroatoms. The van der Waals surface area contributed by atoms with Gasteiger partial charge in [0.1, 0.15) is 4.90 Å². The van der Waals surface area contributed by atoms with Gasteiger partial charge >= 0.3 is 0 Å². The lowest BCUT2D eigenvalue weighted by molar-refractivity contribution is 0.0788. The van der Waals surface area contributed by atoms with Gasteiger partial charge in [0.25, 0.3) is 15.9 Å². The fraction of sp³-hybridized carbons (Fsp3) is 0.308. The number of nitrogens with zero attached hydrogens (tertiary/aromatic N) is 3. The average molecular weight is 400 g/mol. The van der Waals surface area contributed by atoms with Crippen LogP contribution in [0.2, 0.25) is 0 Å². The second kappa shape index (κ2) is 6.28. The standard InChI is InChI=1S/C13H14BrN5O3S/c14-9-5-1-2-6-10(9)23(21,22)17-12-11(15-18-16-12)13(20)19-7-3-4-8-19/h1-2,5-6H,3-4,7-8H2,(H2,15,16,17,18). The number of carbonyl (C=O) groups excluding carboxylic acids is 1. The van der Waals surface area contributed by atoms with Crippen molar-refractivity contribution in [1.29, 1.82) is 0 Å². The molecule has 0 bridgehead atoms. The maximum Gasteiger partial charge on any atom is 0.278 e. The average Bonchev–Trinajstić information content (AvgIpc) is 3.17. The van der Waals surface area contributed by atoms with Crippen LogP contribution in [0.3, 0.4) is 0 Å². The highest BCUT2D eigenvalue weighted by Crippen LogP contribution is 2.24. The number of aromatic amines is 1. The van der Waals surface area contributed by atoms with Gasteiger partial charge in [-0.3, -0.25) is 9.52 Å². The molecule has 2 N–H and O–H groups in total. The van der Waals surface area contributed by atoms with Crippen LogP contribution < -0.4 is 4.72 Å². The predicted octanol–water partition coefficient (Wildman–Crippen LogP) is 1.60. The number of benzene rings is 1. The first kappa shape index (κ1) is 15.9. The second-order valence-electron chi connectivity index (χ2n) is 5.06. The summed E-state index contributed by atoms with van der Waals surface area (Å²) in [6.07, 6.45) is 1.86. The van der Waals surface area contributed by atoms with Crippen LogP contribution in [-0.2, 0) is 10.0 Å². The molecule has 1 fully saturated rings. The van der Waals surface area contributed by atoms with Gasteiger partial charge in [-0.25, -0.2) is 8.42 Å². The van der Waals surface area contributed by atoms with Crippen molar-refractivity contribution in [2.45, 2.75) is 17.7 Å². The number of amides is 1. The number of carbonyl (C=O) groups is 1. The van der Waals surface area contributed by atoms with Crippen molar-refractivity contribution in [2.75, 3.05) is 17.8 Å². The van der Waals surface area contributed by atoms with Gasteiger partial charge in [-0.05, 0) is 40.9 Å². The van der Waals surface area contributed by atoms with Crippen molar-refractivity contribution >= 4 is 37.7 Å². The Hall–Kier alpha value is -1.94. The SMILES string of the molecule is O=C(c1n[nH]nc1NS(=O)(=O)c1ccccc1Br)N1CCCC1. The molecule has 8 nitrogen and oxygen atoms in total. The Morgan fingerprint density at radius 2 is 1.91 bits per heavy atom. The van der Waals surface area contributed by atoms with Crippen molar-refractivity contribution in [2.24, 2.45) is 0 Å². The molecule has 0 spiro atoms. The van der Waals surface area contributed by atoms with Crippen LogP contribution in [-0.4, -0.2) is 47.7 Å². The summed E-state index contributed by atoms with van der Waals surface area (Å²) in [4.78, 5) is 14.1. The molecular formula is C13H14BrN5O3S. The summed E-state index contributed by atoms with van der Waals surface area (Å²) in [5, 5.41) is 9.86. The van der Waals surface area contributed by atoms with Gasteiger partial charge in [0.15, 0.2) is 11.5 Å². The molecule has 3 rings (SSSR count). The molecule has 2 heterocycles. The van der Waals surface area contributed by atoms with Gasteiger partial charge in [0.2, 0.25) is 0 Å². The Bertz CT molecular complexity index is 830. The van der Waals surface area contributed by atoms with Crippen molar-refractivity contribution in [3.8, 4) is 0 Å². The fourth-order valence-corrected chi connectivity index (χ4v) is 4.38. The van der Waals surface area contributed by atoms with Crippen LogP contribution in [0, 0.1) is 0 Å². The van der Waals surface area contributed by atoms with Crippen LogP contribution in [0.15, 0.2) is 33.6 Å². The lowest BCUT2D eigenvalue weighted by atomic mass is 10.4. The van der Waals surface area contributed by atoms with Crippen LogP contribution in [0.1, 0.15) is 23.3 Å².